The third kappa shape index (κ3) is 7.18. The van der Waals surface area contributed by atoms with Crippen LogP contribution in [-0.2, 0) is 25.4 Å². The molecule has 26 heavy (non-hydrogen) atoms. The van der Waals surface area contributed by atoms with Crippen LogP contribution >= 0.6 is 0 Å². The van der Waals surface area contributed by atoms with Crippen molar-refractivity contribution in [1.82, 2.24) is 0 Å². The molecular formula is C18H27NO7. The summed E-state index contributed by atoms with van der Waals surface area (Å²) in [5.41, 5.74) is 5.70. The Bertz CT molecular complexity index is 639. The number of benzene rings is 1. The summed E-state index contributed by atoms with van der Waals surface area (Å²) in [5.74, 6) is -1.23. The van der Waals surface area contributed by atoms with Gasteiger partial charge in [-0.2, -0.15) is 0 Å². The highest BCUT2D eigenvalue weighted by atomic mass is 16.7. The third-order valence-corrected chi connectivity index (χ3v) is 3.43. The highest BCUT2D eigenvalue weighted by Gasteiger charge is 2.26. The fourth-order valence-electron chi connectivity index (χ4n) is 1.92. The Morgan fingerprint density at radius 3 is 2.19 bits per heavy atom. The number of phenolic OH excluding ortho intramolecular Hbond substituents is 2. The molecule has 0 fully saturated rings. The molecule has 4 N–H and O–H groups in total. The summed E-state index contributed by atoms with van der Waals surface area (Å²) in [7, 11) is 0. The van der Waals surface area contributed by atoms with Crippen molar-refractivity contribution in [3.63, 3.8) is 0 Å². The van der Waals surface area contributed by atoms with Gasteiger partial charge in [-0.15, -0.1) is 0 Å². The standard InChI is InChI=1S/C18H27NO7/c1-10(11(2)25-17(23)26-18(3,4)5)24-16(22)13(19)8-12-6-7-14(20)15(21)9-12/h6-7,9-11,13,20-21H,8,19H2,1-5H3/t10-,11-,13-/m0/s1. The number of carbonyl (C=O) groups excluding carboxylic acids is 2. The third-order valence-electron chi connectivity index (χ3n) is 3.43. The van der Waals surface area contributed by atoms with E-state index in [0.717, 1.165) is 0 Å². The topological polar surface area (TPSA) is 128 Å². The molecule has 0 aliphatic rings. The van der Waals surface area contributed by atoms with Crippen LogP contribution in [0.3, 0.4) is 0 Å². The minimum atomic E-state index is -0.977. The quantitative estimate of drug-likeness (QED) is 0.514. The summed E-state index contributed by atoms with van der Waals surface area (Å²) >= 11 is 0. The van der Waals surface area contributed by atoms with Gasteiger partial charge in [0.25, 0.3) is 0 Å². The highest BCUT2D eigenvalue weighted by Crippen LogP contribution is 2.25. The largest absolute Gasteiger partial charge is 0.509 e. The number of hydrogen-bond donors (Lipinski definition) is 3. The molecule has 0 saturated carbocycles. The second-order valence-electron chi connectivity index (χ2n) is 7.06. The van der Waals surface area contributed by atoms with E-state index in [9.17, 15) is 19.8 Å². The van der Waals surface area contributed by atoms with Gasteiger partial charge in [-0.1, -0.05) is 6.07 Å². The zero-order valence-electron chi connectivity index (χ0n) is 15.7. The van der Waals surface area contributed by atoms with Gasteiger partial charge in [0, 0.05) is 0 Å². The van der Waals surface area contributed by atoms with Gasteiger partial charge >= 0.3 is 12.1 Å². The van der Waals surface area contributed by atoms with E-state index in [1.54, 1.807) is 40.7 Å². The first-order chi connectivity index (χ1) is 11.9. The fourth-order valence-corrected chi connectivity index (χ4v) is 1.92. The zero-order valence-corrected chi connectivity index (χ0v) is 15.7. The van der Waals surface area contributed by atoms with E-state index < -0.39 is 36.0 Å². The van der Waals surface area contributed by atoms with E-state index in [2.05, 4.69) is 0 Å². The van der Waals surface area contributed by atoms with Gasteiger partial charge in [0.15, 0.2) is 11.5 Å². The van der Waals surface area contributed by atoms with Crippen molar-refractivity contribution in [2.75, 3.05) is 0 Å². The molecule has 8 nitrogen and oxygen atoms in total. The summed E-state index contributed by atoms with van der Waals surface area (Å²) in [6.45, 7) is 8.28. The molecule has 0 radical (unpaired) electrons. The first kappa shape index (κ1) is 21.6. The number of rotatable bonds is 6. The van der Waals surface area contributed by atoms with Crippen molar-refractivity contribution in [3.8, 4) is 11.5 Å². The Morgan fingerprint density at radius 2 is 1.65 bits per heavy atom. The maximum atomic E-state index is 12.1. The molecule has 0 unspecified atom stereocenters. The van der Waals surface area contributed by atoms with Crippen LogP contribution in [0.2, 0.25) is 0 Å². The van der Waals surface area contributed by atoms with Crippen LogP contribution in [0.15, 0.2) is 18.2 Å². The van der Waals surface area contributed by atoms with Crippen LogP contribution < -0.4 is 5.73 Å². The van der Waals surface area contributed by atoms with Crippen molar-refractivity contribution in [2.24, 2.45) is 5.73 Å². The first-order valence-electron chi connectivity index (χ1n) is 8.25. The summed E-state index contributed by atoms with van der Waals surface area (Å²) < 4.78 is 15.3. The Labute approximate surface area is 152 Å². The number of hydrogen-bond acceptors (Lipinski definition) is 8. The summed E-state index contributed by atoms with van der Waals surface area (Å²) in [5, 5.41) is 18.8. The van der Waals surface area contributed by atoms with Gasteiger partial charge in [0.2, 0.25) is 0 Å². The number of phenols is 2. The van der Waals surface area contributed by atoms with Gasteiger partial charge in [0.05, 0.1) is 0 Å². The number of carbonyl (C=O) groups is 2. The molecule has 0 aromatic heterocycles. The highest BCUT2D eigenvalue weighted by molar-refractivity contribution is 5.76. The maximum Gasteiger partial charge on any atom is 0.509 e. The van der Waals surface area contributed by atoms with Gasteiger partial charge in [-0.3, -0.25) is 4.79 Å². The molecule has 0 aliphatic heterocycles. The summed E-state index contributed by atoms with van der Waals surface area (Å²) in [6, 6.07) is 3.19. The van der Waals surface area contributed by atoms with Crippen LogP contribution in [0, 0.1) is 0 Å². The van der Waals surface area contributed by atoms with E-state index in [4.69, 9.17) is 19.9 Å². The minimum absolute atomic E-state index is 0.112. The molecular weight excluding hydrogens is 342 g/mol. The van der Waals surface area contributed by atoms with Crippen LogP contribution in [0.5, 0.6) is 11.5 Å². The van der Waals surface area contributed by atoms with E-state index in [0.29, 0.717) is 5.56 Å². The number of aromatic hydroxyl groups is 2. The van der Waals surface area contributed by atoms with Gasteiger partial charge in [-0.25, -0.2) is 4.79 Å². The molecule has 1 aromatic carbocycles. The molecule has 146 valence electrons. The Kier molecular flexibility index (Phi) is 7.26. The maximum absolute atomic E-state index is 12.1. The van der Waals surface area contributed by atoms with Gasteiger partial charge in [0.1, 0.15) is 23.9 Å². The molecule has 0 heterocycles. The zero-order chi connectivity index (χ0) is 20.1. The van der Waals surface area contributed by atoms with Gasteiger partial charge < -0.3 is 30.2 Å². The van der Waals surface area contributed by atoms with Crippen molar-refractivity contribution >= 4 is 12.1 Å². The average molecular weight is 369 g/mol. The Morgan fingerprint density at radius 1 is 1.08 bits per heavy atom. The molecule has 1 rings (SSSR count). The lowest BCUT2D eigenvalue weighted by molar-refractivity contribution is -0.156. The fraction of sp³-hybridized carbons (Fsp3) is 0.556. The second kappa shape index (κ2) is 8.75. The van der Waals surface area contributed by atoms with Crippen LogP contribution in [0.25, 0.3) is 0 Å². The van der Waals surface area contributed by atoms with Crippen molar-refractivity contribution in [3.05, 3.63) is 23.8 Å². The normalized spacial score (nSPS) is 14.8. The first-order valence-corrected chi connectivity index (χ1v) is 8.25. The number of esters is 1. The Hall–Kier alpha value is -2.48. The molecule has 3 atom stereocenters. The van der Waals surface area contributed by atoms with Crippen molar-refractivity contribution in [2.45, 2.75) is 64.9 Å². The smallest absolute Gasteiger partial charge is 0.504 e. The van der Waals surface area contributed by atoms with Gasteiger partial charge in [-0.05, 0) is 58.7 Å². The molecule has 0 amide bonds. The van der Waals surface area contributed by atoms with Crippen LogP contribution in [0.4, 0.5) is 4.79 Å². The molecule has 0 saturated heterocycles. The summed E-state index contributed by atoms with van der Waals surface area (Å²) in [4.78, 5) is 23.7. The molecule has 1 aromatic rings. The predicted molar refractivity (Wildman–Crippen MR) is 93.8 cm³/mol. The number of nitrogens with two attached hydrogens (primary N) is 1. The van der Waals surface area contributed by atoms with Crippen LogP contribution in [-0.4, -0.2) is 46.2 Å². The average Bonchev–Trinajstić information content (AvgIpc) is 2.48. The SMILES string of the molecule is C[C@H](OC(=O)OC(C)(C)C)[C@H](C)OC(=O)[C@@H](N)Cc1ccc(O)c(O)c1. The second-order valence-corrected chi connectivity index (χ2v) is 7.06. The lowest BCUT2D eigenvalue weighted by Crippen LogP contribution is -2.40. The molecule has 0 spiro atoms. The van der Waals surface area contributed by atoms with Crippen molar-refractivity contribution in [1.29, 1.82) is 0 Å². The monoisotopic (exact) mass is 369 g/mol. The van der Waals surface area contributed by atoms with E-state index in [1.807, 2.05) is 0 Å². The van der Waals surface area contributed by atoms with E-state index >= 15 is 0 Å². The predicted octanol–water partition coefficient (Wildman–Crippen LogP) is 2.24. The molecule has 8 heteroatoms. The van der Waals surface area contributed by atoms with Crippen molar-refractivity contribution < 1.29 is 34.0 Å². The van der Waals surface area contributed by atoms with Crippen LogP contribution in [0.1, 0.15) is 40.2 Å². The summed E-state index contributed by atoms with van der Waals surface area (Å²) in [6.07, 6.45) is -2.19. The van der Waals surface area contributed by atoms with E-state index in [1.165, 1.54) is 12.1 Å². The lowest BCUT2D eigenvalue weighted by atomic mass is 10.1. The molecule has 0 aliphatic carbocycles. The minimum Gasteiger partial charge on any atom is -0.504 e. The molecule has 0 bridgehead atoms. The Balaban J connectivity index is 2.54. The van der Waals surface area contributed by atoms with E-state index in [-0.39, 0.29) is 17.9 Å². The lowest BCUT2D eigenvalue weighted by Gasteiger charge is -2.24. The number of ether oxygens (including phenoxy) is 3.